The van der Waals surface area contributed by atoms with Gasteiger partial charge in [0.25, 0.3) is 20.0 Å². The quantitative estimate of drug-likeness (QED) is 0.700. The number of nitrogens with zero attached hydrogens (tertiary/aromatic N) is 1. The van der Waals surface area contributed by atoms with Crippen molar-refractivity contribution >= 4 is 37.7 Å². The number of benzene rings is 2. The number of sulfonamides is 2. The van der Waals surface area contributed by atoms with E-state index in [2.05, 4.69) is 15.0 Å². The Labute approximate surface area is 150 Å². The Hall–Kier alpha value is -2.92. The molecule has 0 unspecified atom stereocenters. The molecule has 3 rings (SSSR count). The lowest BCUT2D eigenvalue weighted by Gasteiger charge is -2.18. The number of nitrogens with one attached hydrogen (secondary N) is 3. The second-order valence-corrected chi connectivity index (χ2v) is 8.66. The van der Waals surface area contributed by atoms with E-state index in [0.29, 0.717) is 0 Å². The molecule has 0 bridgehead atoms. The SMILES string of the molecule is Cc1ccc(S(=O)(=O)NC(=O)NC2=NS(=O)(=O)c3ccccc3N2)cc1. The summed E-state index contributed by atoms with van der Waals surface area (Å²) in [5.41, 5.74) is 1.08. The molecule has 1 aliphatic rings. The maximum absolute atomic E-state index is 12.2. The molecule has 2 aromatic rings. The average molecular weight is 394 g/mol. The van der Waals surface area contributed by atoms with E-state index in [1.165, 1.54) is 30.3 Å². The van der Waals surface area contributed by atoms with Gasteiger partial charge in [0.05, 0.1) is 10.6 Å². The number of carbonyl (C=O) groups is 1. The summed E-state index contributed by atoms with van der Waals surface area (Å²) in [7, 11) is -8.11. The Kier molecular flexibility index (Phi) is 4.42. The van der Waals surface area contributed by atoms with Crippen LogP contribution < -0.4 is 15.4 Å². The maximum Gasteiger partial charge on any atom is 0.335 e. The van der Waals surface area contributed by atoms with Gasteiger partial charge < -0.3 is 5.32 Å². The second kappa shape index (κ2) is 6.42. The van der Waals surface area contributed by atoms with Crippen molar-refractivity contribution in [2.24, 2.45) is 4.40 Å². The Morgan fingerprint density at radius 3 is 2.42 bits per heavy atom. The molecule has 3 N–H and O–H groups in total. The summed E-state index contributed by atoms with van der Waals surface area (Å²) in [4.78, 5) is 11.8. The van der Waals surface area contributed by atoms with E-state index >= 15 is 0 Å². The van der Waals surface area contributed by atoms with Crippen molar-refractivity contribution in [2.75, 3.05) is 5.32 Å². The first-order valence-electron chi connectivity index (χ1n) is 7.29. The lowest BCUT2D eigenvalue weighted by atomic mass is 10.2. The summed E-state index contributed by atoms with van der Waals surface area (Å²) >= 11 is 0. The normalized spacial score (nSPS) is 15.2. The summed E-state index contributed by atoms with van der Waals surface area (Å²) in [6.07, 6.45) is 0. The van der Waals surface area contributed by atoms with Gasteiger partial charge in [-0.05, 0) is 31.2 Å². The minimum atomic E-state index is -4.11. The molecule has 136 valence electrons. The van der Waals surface area contributed by atoms with Crippen molar-refractivity contribution in [3.63, 3.8) is 0 Å². The van der Waals surface area contributed by atoms with Gasteiger partial charge in [-0.15, -0.1) is 4.40 Å². The molecule has 0 fully saturated rings. The zero-order valence-corrected chi connectivity index (χ0v) is 15.1. The van der Waals surface area contributed by atoms with Gasteiger partial charge in [-0.1, -0.05) is 29.8 Å². The Balaban J connectivity index is 1.77. The van der Waals surface area contributed by atoms with E-state index in [-0.39, 0.29) is 15.5 Å². The molecule has 0 saturated carbocycles. The standard InChI is InChI=1S/C15H14N4O5S2/c1-10-6-8-11(9-7-10)25(21,22)19-15(20)17-14-16-12-4-2-3-5-13(12)26(23,24)18-14/h2-9H,1H3,(H3,16,17,18,19,20). The van der Waals surface area contributed by atoms with E-state index in [0.717, 1.165) is 5.56 Å². The zero-order valence-electron chi connectivity index (χ0n) is 13.4. The third-order valence-electron chi connectivity index (χ3n) is 3.42. The van der Waals surface area contributed by atoms with Crippen molar-refractivity contribution < 1.29 is 21.6 Å². The molecule has 2 aromatic carbocycles. The third kappa shape index (κ3) is 3.68. The predicted molar refractivity (Wildman–Crippen MR) is 94.7 cm³/mol. The summed E-state index contributed by atoms with van der Waals surface area (Å²) < 4.78 is 53.7. The first-order chi connectivity index (χ1) is 12.2. The van der Waals surface area contributed by atoms with Gasteiger partial charge in [-0.2, -0.15) is 8.42 Å². The van der Waals surface area contributed by atoms with E-state index in [1.807, 2.05) is 0 Å². The molecule has 2 amide bonds. The monoisotopic (exact) mass is 394 g/mol. The van der Waals surface area contributed by atoms with Crippen LogP contribution >= 0.6 is 0 Å². The number of rotatable bonds is 2. The van der Waals surface area contributed by atoms with Crippen LogP contribution in [0.15, 0.2) is 62.7 Å². The Bertz CT molecular complexity index is 1110. The summed E-state index contributed by atoms with van der Waals surface area (Å²) in [6, 6.07) is 10.7. The lowest BCUT2D eigenvalue weighted by molar-refractivity contribution is 0.250. The summed E-state index contributed by atoms with van der Waals surface area (Å²) in [5.74, 6) is -0.402. The first kappa shape index (κ1) is 17.9. The van der Waals surface area contributed by atoms with E-state index < -0.39 is 32.0 Å². The molecular weight excluding hydrogens is 380 g/mol. The molecule has 9 nitrogen and oxygen atoms in total. The van der Waals surface area contributed by atoms with E-state index in [4.69, 9.17) is 0 Å². The molecule has 0 aromatic heterocycles. The molecule has 0 spiro atoms. The lowest BCUT2D eigenvalue weighted by Crippen LogP contribution is -2.46. The molecule has 26 heavy (non-hydrogen) atoms. The highest BCUT2D eigenvalue weighted by atomic mass is 32.2. The summed E-state index contributed by atoms with van der Waals surface area (Å²) in [5, 5.41) is 4.70. The number of anilines is 1. The number of guanidine groups is 1. The van der Waals surface area contributed by atoms with Crippen LogP contribution in [-0.2, 0) is 20.0 Å². The number of hydrogen-bond acceptors (Lipinski definition) is 6. The Morgan fingerprint density at radius 1 is 1.08 bits per heavy atom. The van der Waals surface area contributed by atoms with Crippen LogP contribution in [-0.4, -0.2) is 28.8 Å². The second-order valence-electron chi connectivity index (χ2n) is 5.41. The predicted octanol–water partition coefficient (Wildman–Crippen LogP) is 1.15. The van der Waals surface area contributed by atoms with Gasteiger partial charge in [0, 0.05) is 0 Å². The van der Waals surface area contributed by atoms with Crippen LogP contribution in [0.3, 0.4) is 0 Å². The number of aryl methyl sites for hydroxylation is 1. The highest BCUT2D eigenvalue weighted by Gasteiger charge is 2.26. The average Bonchev–Trinajstić information content (AvgIpc) is 2.54. The molecule has 0 atom stereocenters. The van der Waals surface area contributed by atoms with Crippen molar-refractivity contribution in [2.45, 2.75) is 16.7 Å². The largest absolute Gasteiger partial charge is 0.335 e. The van der Waals surface area contributed by atoms with Crippen LogP contribution in [0.25, 0.3) is 0 Å². The Morgan fingerprint density at radius 2 is 1.73 bits per heavy atom. The minimum Gasteiger partial charge on any atom is -0.324 e. The fourth-order valence-electron chi connectivity index (χ4n) is 2.20. The molecular formula is C15H14N4O5S2. The van der Waals surface area contributed by atoms with Crippen molar-refractivity contribution in [1.82, 2.24) is 10.0 Å². The highest BCUT2D eigenvalue weighted by molar-refractivity contribution is 7.90. The molecule has 0 aliphatic carbocycles. The van der Waals surface area contributed by atoms with E-state index in [1.54, 1.807) is 29.8 Å². The number of fused-ring (bicyclic) bond motifs is 1. The van der Waals surface area contributed by atoms with Gasteiger partial charge in [0.2, 0.25) is 5.96 Å². The van der Waals surface area contributed by atoms with Crippen molar-refractivity contribution in [3.05, 3.63) is 54.1 Å². The number of urea groups is 1. The fourth-order valence-corrected chi connectivity index (χ4v) is 4.18. The van der Waals surface area contributed by atoms with Crippen molar-refractivity contribution in [3.8, 4) is 0 Å². The van der Waals surface area contributed by atoms with Crippen LogP contribution in [0.1, 0.15) is 5.56 Å². The van der Waals surface area contributed by atoms with Crippen LogP contribution in [0, 0.1) is 6.92 Å². The van der Waals surface area contributed by atoms with Gasteiger partial charge in [0.15, 0.2) is 0 Å². The van der Waals surface area contributed by atoms with Gasteiger partial charge in [0.1, 0.15) is 4.90 Å². The molecule has 1 heterocycles. The van der Waals surface area contributed by atoms with Gasteiger partial charge >= 0.3 is 6.03 Å². The highest BCUT2D eigenvalue weighted by Crippen LogP contribution is 2.25. The topological polar surface area (TPSA) is 134 Å². The van der Waals surface area contributed by atoms with E-state index in [9.17, 15) is 21.6 Å². The number of carbonyl (C=O) groups excluding carboxylic acids is 1. The summed E-state index contributed by atoms with van der Waals surface area (Å²) in [6.45, 7) is 1.79. The first-order valence-corrected chi connectivity index (χ1v) is 10.2. The smallest absolute Gasteiger partial charge is 0.324 e. The van der Waals surface area contributed by atoms with Gasteiger partial charge in [-0.3, -0.25) is 5.32 Å². The molecule has 1 aliphatic heterocycles. The molecule has 11 heteroatoms. The fraction of sp³-hybridized carbons (Fsp3) is 0.0667. The number of amides is 2. The van der Waals surface area contributed by atoms with Crippen LogP contribution in [0.5, 0.6) is 0 Å². The molecule has 0 radical (unpaired) electrons. The number of para-hydroxylation sites is 1. The van der Waals surface area contributed by atoms with Crippen molar-refractivity contribution in [1.29, 1.82) is 0 Å². The maximum atomic E-state index is 12.2. The van der Waals surface area contributed by atoms with Gasteiger partial charge in [-0.25, -0.2) is 17.9 Å². The minimum absolute atomic E-state index is 0.0433. The third-order valence-corrected chi connectivity index (χ3v) is 6.10. The number of hydrogen-bond donors (Lipinski definition) is 3. The van der Waals surface area contributed by atoms with Crippen LogP contribution in [0.2, 0.25) is 0 Å². The molecule has 0 saturated heterocycles. The van der Waals surface area contributed by atoms with Crippen LogP contribution in [0.4, 0.5) is 10.5 Å². The zero-order chi connectivity index (χ0) is 18.9.